The molecule has 0 amide bonds. The number of nitrogens with zero attached hydrogens (tertiary/aromatic N) is 1. The number of aryl methyl sites for hydroxylation is 2. The molecule has 0 saturated carbocycles. The van der Waals surface area contributed by atoms with E-state index in [9.17, 15) is 9.18 Å². The molecule has 0 bridgehead atoms. The van der Waals surface area contributed by atoms with Gasteiger partial charge < -0.3 is 5.11 Å². The van der Waals surface area contributed by atoms with Crippen LogP contribution in [-0.4, -0.2) is 15.9 Å². The van der Waals surface area contributed by atoms with Crippen LogP contribution >= 0.6 is 0 Å². The van der Waals surface area contributed by atoms with E-state index in [4.69, 9.17) is 5.11 Å². The third-order valence-corrected chi connectivity index (χ3v) is 3.51. The topological polar surface area (TPSA) is 50.2 Å². The molecule has 0 atom stereocenters. The quantitative estimate of drug-likeness (QED) is 0.265. The second kappa shape index (κ2) is 10.1. The summed E-state index contributed by atoms with van der Waals surface area (Å²) in [7, 11) is 0. The van der Waals surface area contributed by atoms with Crippen molar-refractivity contribution in [3.05, 3.63) is 77.3 Å². The van der Waals surface area contributed by atoms with Crippen LogP contribution < -0.4 is 0 Å². The molecule has 0 aliphatic carbocycles. The van der Waals surface area contributed by atoms with E-state index in [2.05, 4.69) is 17.1 Å². The number of fused-ring (bicyclic) bond motifs is 1. The summed E-state index contributed by atoms with van der Waals surface area (Å²) in [6.07, 6.45) is 1.17. The number of carbonyl (C=O) groups excluding carboxylic acids is 1. The predicted octanol–water partition coefficient (Wildman–Crippen LogP) is 5.49. The Morgan fingerprint density at radius 3 is 2.41 bits per heavy atom. The number of carbonyl (C=O) groups is 1. The van der Waals surface area contributed by atoms with E-state index in [0.29, 0.717) is 10.9 Å². The standard InChI is InChI=1S/C17H13FN.C5H8O2.Ir/c1-11-8-12(2)10-13(9-11)16-7-6-14-15(18)4-3-5-17(14)19-16;1-4(6)3-5(2)7;/h3-9H,1-2H3;3,6H,1-2H3;/q-1;;/b;4-3-;. The van der Waals surface area contributed by atoms with Crippen molar-refractivity contribution >= 4 is 16.7 Å². The smallest absolute Gasteiger partial charge is 0.155 e. The van der Waals surface area contributed by atoms with Crippen molar-refractivity contribution in [3.63, 3.8) is 0 Å². The fourth-order valence-corrected chi connectivity index (χ4v) is 2.60. The third kappa shape index (κ3) is 6.70. The monoisotopic (exact) mass is 543 g/mol. The van der Waals surface area contributed by atoms with Gasteiger partial charge in [0, 0.05) is 31.6 Å². The molecule has 2 aromatic carbocycles. The summed E-state index contributed by atoms with van der Waals surface area (Å²) in [5, 5.41) is 8.91. The van der Waals surface area contributed by atoms with E-state index in [1.165, 1.54) is 31.6 Å². The maximum atomic E-state index is 13.6. The van der Waals surface area contributed by atoms with Crippen molar-refractivity contribution < 1.29 is 34.4 Å². The van der Waals surface area contributed by atoms with E-state index >= 15 is 0 Å². The second-order valence-electron chi connectivity index (χ2n) is 6.15. The van der Waals surface area contributed by atoms with Crippen molar-refractivity contribution in [2.24, 2.45) is 0 Å². The predicted molar refractivity (Wildman–Crippen MR) is 103 cm³/mol. The van der Waals surface area contributed by atoms with Crippen molar-refractivity contribution in [1.29, 1.82) is 0 Å². The van der Waals surface area contributed by atoms with Crippen LogP contribution in [-0.2, 0) is 24.9 Å². The van der Waals surface area contributed by atoms with Gasteiger partial charge in [0.25, 0.3) is 0 Å². The molecule has 3 aromatic rings. The summed E-state index contributed by atoms with van der Waals surface area (Å²) in [4.78, 5) is 14.5. The van der Waals surface area contributed by atoms with Gasteiger partial charge >= 0.3 is 0 Å². The molecule has 0 aliphatic heterocycles. The molecule has 3 nitrogen and oxygen atoms in total. The number of pyridine rings is 1. The summed E-state index contributed by atoms with van der Waals surface area (Å²) in [5.74, 6) is -0.298. The first kappa shape index (κ1) is 22.7. The molecule has 0 spiro atoms. The fourth-order valence-electron chi connectivity index (χ4n) is 2.60. The van der Waals surface area contributed by atoms with E-state index in [0.717, 1.165) is 16.8 Å². The Balaban J connectivity index is 0.000000395. The van der Waals surface area contributed by atoms with Gasteiger partial charge in [-0.25, -0.2) is 4.39 Å². The van der Waals surface area contributed by atoms with Gasteiger partial charge in [-0.3, -0.25) is 9.78 Å². The number of halogens is 1. The van der Waals surface area contributed by atoms with Crippen LogP contribution in [0, 0.1) is 25.7 Å². The summed E-state index contributed by atoms with van der Waals surface area (Å²) in [6.45, 7) is 6.91. The molecule has 3 rings (SSSR count). The zero-order chi connectivity index (χ0) is 19.3. The molecular formula is C22H21FIrNO2-. The van der Waals surface area contributed by atoms with E-state index < -0.39 is 0 Å². The number of aromatic nitrogens is 1. The second-order valence-corrected chi connectivity index (χ2v) is 6.15. The van der Waals surface area contributed by atoms with E-state index in [-0.39, 0.29) is 37.5 Å². The zero-order valence-corrected chi connectivity index (χ0v) is 18.0. The Bertz CT molecular complexity index is 959. The molecule has 143 valence electrons. The van der Waals surface area contributed by atoms with Crippen LogP contribution in [0.2, 0.25) is 0 Å². The maximum Gasteiger partial charge on any atom is 0.155 e. The van der Waals surface area contributed by atoms with Crippen LogP contribution in [0.3, 0.4) is 0 Å². The first-order chi connectivity index (χ1) is 12.3. The summed E-state index contributed by atoms with van der Waals surface area (Å²) < 4.78 is 13.6. The fraction of sp³-hybridized carbons (Fsp3) is 0.182. The molecular weight excluding hydrogens is 521 g/mol. The molecule has 1 aromatic heterocycles. The van der Waals surface area contributed by atoms with Crippen LogP contribution in [0.15, 0.2) is 54.3 Å². The minimum absolute atomic E-state index is 0. The summed E-state index contributed by atoms with van der Waals surface area (Å²) in [6, 6.07) is 16.0. The Kier molecular flexibility index (Phi) is 8.48. The molecule has 0 saturated heterocycles. The van der Waals surface area contributed by atoms with Crippen LogP contribution in [0.25, 0.3) is 22.2 Å². The Labute approximate surface area is 172 Å². The number of aliphatic hydroxyl groups is 1. The normalized spacial score (nSPS) is 10.6. The Morgan fingerprint density at radius 2 is 1.85 bits per heavy atom. The van der Waals surface area contributed by atoms with Crippen molar-refractivity contribution in [1.82, 2.24) is 4.98 Å². The molecule has 0 unspecified atom stereocenters. The van der Waals surface area contributed by atoms with Gasteiger partial charge in [0.1, 0.15) is 5.82 Å². The summed E-state index contributed by atoms with van der Waals surface area (Å²) in [5.41, 5.74) is 4.70. The summed E-state index contributed by atoms with van der Waals surface area (Å²) >= 11 is 0. The average Bonchev–Trinajstić information content (AvgIpc) is 2.53. The van der Waals surface area contributed by atoms with Crippen LogP contribution in [0.4, 0.5) is 4.39 Å². The van der Waals surface area contributed by atoms with Crippen molar-refractivity contribution in [2.75, 3.05) is 0 Å². The van der Waals surface area contributed by atoms with Crippen LogP contribution in [0.1, 0.15) is 25.0 Å². The van der Waals surface area contributed by atoms with Gasteiger partial charge in [-0.1, -0.05) is 32.0 Å². The number of aliphatic hydroxyl groups excluding tert-OH is 1. The van der Waals surface area contributed by atoms with E-state index in [1.54, 1.807) is 12.1 Å². The Morgan fingerprint density at radius 1 is 1.15 bits per heavy atom. The minimum Gasteiger partial charge on any atom is -0.512 e. The molecule has 0 aliphatic rings. The SMILES string of the molecule is CC(=O)/C=C(/C)O.Cc1[c-]c(-c2ccc3c(F)cccc3n2)cc(C)c1.[Ir]. The molecule has 1 heterocycles. The Hall–Kier alpha value is -2.36. The molecule has 5 heteroatoms. The number of allylic oxidation sites excluding steroid dienone is 2. The van der Waals surface area contributed by atoms with E-state index in [1.807, 2.05) is 32.0 Å². The van der Waals surface area contributed by atoms with Gasteiger partial charge in [0.15, 0.2) is 5.78 Å². The molecule has 0 fully saturated rings. The average molecular weight is 543 g/mol. The number of benzene rings is 2. The maximum absolute atomic E-state index is 13.6. The minimum atomic E-state index is -0.235. The first-order valence-electron chi connectivity index (χ1n) is 8.20. The third-order valence-electron chi connectivity index (χ3n) is 3.51. The van der Waals surface area contributed by atoms with Gasteiger partial charge in [-0.05, 0) is 31.7 Å². The zero-order valence-electron chi connectivity index (χ0n) is 15.6. The van der Waals surface area contributed by atoms with Crippen molar-refractivity contribution in [2.45, 2.75) is 27.7 Å². The molecule has 1 radical (unpaired) electrons. The van der Waals surface area contributed by atoms with Crippen LogP contribution in [0.5, 0.6) is 0 Å². The molecule has 1 N–H and O–H groups in total. The molecule has 27 heavy (non-hydrogen) atoms. The largest absolute Gasteiger partial charge is 0.512 e. The van der Waals surface area contributed by atoms with Gasteiger partial charge in [0.05, 0.1) is 11.3 Å². The van der Waals surface area contributed by atoms with Crippen molar-refractivity contribution in [3.8, 4) is 11.3 Å². The van der Waals surface area contributed by atoms with Gasteiger partial charge in [-0.15, -0.1) is 34.9 Å². The number of ketones is 1. The van der Waals surface area contributed by atoms with Gasteiger partial charge in [0.2, 0.25) is 0 Å². The number of rotatable bonds is 2. The number of hydrogen-bond donors (Lipinski definition) is 1. The number of hydrogen-bond acceptors (Lipinski definition) is 3. The van der Waals surface area contributed by atoms with Gasteiger partial charge in [-0.2, -0.15) is 0 Å². The first-order valence-corrected chi connectivity index (χ1v) is 8.20.